The molecule has 166 valence electrons. The van der Waals surface area contributed by atoms with Crippen molar-refractivity contribution in [3.05, 3.63) is 0 Å². The van der Waals surface area contributed by atoms with Crippen LogP contribution in [0.25, 0.3) is 0 Å². The normalized spacial score (nSPS) is 38.8. The predicted octanol–water partition coefficient (Wildman–Crippen LogP) is 2.38. The molecule has 0 spiro atoms. The Morgan fingerprint density at radius 3 is 2.38 bits per heavy atom. The highest BCUT2D eigenvalue weighted by atomic mass is 19.1. The number of hydrogen-bond acceptors (Lipinski definition) is 5. The lowest BCUT2D eigenvalue weighted by Crippen LogP contribution is -2.52. The number of hydrogen-bond donors (Lipinski definition) is 4. The Bertz CT molecular complexity index is 600. The van der Waals surface area contributed by atoms with Crippen LogP contribution < -0.4 is 21.5 Å². The maximum Gasteiger partial charge on any atom is 0.232 e. The van der Waals surface area contributed by atoms with Gasteiger partial charge in [0.1, 0.15) is 12.3 Å². The molecule has 2 aliphatic heterocycles. The van der Waals surface area contributed by atoms with Crippen LogP contribution in [0, 0.1) is 11.8 Å². The number of amides is 1. The molecule has 0 aromatic rings. The summed E-state index contributed by atoms with van der Waals surface area (Å²) < 4.78 is 19.2. The van der Waals surface area contributed by atoms with Crippen molar-refractivity contribution in [1.29, 1.82) is 0 Å². The summed E-state index contributed by atoms with van der Waals surface area (Å²) in [5, 5.41) is 6.32. The van der Waals surface area contributed by atoms with E-state index in [1.165, 1.54) is 0 Å². The molecule has 0 radical (unpaired) electrons. The molecule has 2 saturated heterocycles. The summed E-state index contributed by atoms with van der Waals surface area (Å²) in [6, 6.07) is 0.284. The van der Waals surface area contributed by atoms with E-state index in [1.807, 2.05) is 34.6 Å². The Hall–Kier alpha value is -1.25. The second kappa shape index (κ2) is 9.27. The van der Waals surface area contributed by atoms with Gasteiger partial charge in [-0.05, 0) is 72.6 Å². The topological polar surface area (TPSA) is 86.8 Å². The number of carbonyl (C=O) groups excluding carboxylic acids is 1. The molecule has 0 bridgehead atoms. The van der Waals surface area contributed by atoms with E-state index in [0.717, 1.165) is 25.7 Å². The van der Waals surface area contributed by atoms with E-state index in [-0.39, 0.29) is 41.8 Å². The fraction of sp³-hybridized carbons (Fsp3) is 0.905. The van der Waals surface area contributed by atoms with E-state index in [9.17, 15) is 9.18 Å². The molecule has 1 amide bonds. The van der Waals surface area contributed by atoms with Crippen molar-refractivity contribution < 1.29 is 13.9 Å². The van der Waals surface area contributed by atoms with Gasteiger partial charge in [-0.25, -0.2) is 14.8 Å². The summed E-state index contributed by atoms with van der Waals surface area (Å²) in [4.78, 5) is 17.6. The van der Waals surface area contributed by atoms with E-state index >= 15 is 0 Å². The average Bonchev–Trinajstić information content (AvgIpc) is 3.20. The van der Waals surface area contributed by atoms with Gasteiger partial charge in [-0.3, -0.25) is 15.5 Å². The number of alkyl halides is 1. The van der Waals surface area contributed by atoms with Gasteiger partial charge in [0, 0.05) is 18.0 Å². The highest BCUT2D eigenvalue weighted by molar-refractivity contribution is 5.98. The number of aliphatic imine (C=N–C) groups is 1. The summed E-state index contributed by atoms with van der Waals surface area (Å²) in [5.41, 5.74) is 6.35. The summed E-state index contributed by atoms with van der Waals surface area (Å²) in [6.45, 7) is 10.1. The molecule has 0 aromatic heterocycles. The average molecular weight is 412 g/mol. The monoisotopic (exact) mass is 411 g/mol. The van der Waals surface area contributed by atoms with E-state index in [1.54, 1.807) is 0 Å². The lowest BCUT2D eigenvalue weighted by atomic mass is 9.82. The Labute approximate surface area is 174 Å². The Morgan fingerprint density at radius 1 is 1.10 bits per heavy atom. The summed E-state index contributed by atoms with van der Waals surface area (Å²) in [7, 11) is 0. The van der Waals surface area contributed by atoms with Gasteiger partial charge < -0.3 is 10.1 Å². The summed E-state index contributed by atoms with van der Waals surface area (Å²) >= 11 is 0. The highest BCUT2D eigenvalue weighted by Crippen LogP contribution is 2.31. The Balaban J connectivity index is 1.62. The first-order valence-electron chi connectivity index (χ1n) is 11.1. The lowest BCUT2D eigenvalue weighted by Gasteiger charge is -2.28. The van der Waals surface area contributed by atoms with Crippen molar-refractivity contribution >= 4 is 11.9 Å². The van der Waals surface area contributed by atoms with Crippen molar-refractivity contribution in [2.24, 2.45) is 16.8 Å². The van der Waals surface area contributed by atoms with Crippen LogP contribution in [-0.2, 0) is 9.53 Å². The third-order valence-corrected chi connectivity index (χ3v) is 6.14. The van der Waals surface area contributed by atoms with Crippen LogP contribution in [0.2, 0.25) is 0 Å². The van der Waals surface area contributed by atoms with Crippen molar-refractivity contribution in [2.45, 2.75) is 109 Å². The first-order valence-corrected chi connectivity index (χ1v) is 11.1. The predicted molar refractivity (Wildman–Crippen MR) is 112 cm³/mol. The summed E-state index contributed by atoms with van der Waals surface area (Å²) in [5.74, 6) is 0.736. The quantitative estimate of drug-likeness (QED) is 0.423. The molecule has 1 aliphatic carbocycles. The largest absolute Gasteiger partial charge is 0.375 e. The van der Waals surface area contributed by atoms with Crippen LogP contribution in [0.3, 0.4) is 0 Å². The zero-order valence-corrected chi connectivity index (χ0v) is 18.4. The number of ether oxygens (including phenoxy) is 1. The van der Waals surface area contributed by atoms with Crippen LogP contribution in [-0.4, -0.2) is 48.0 Å². The number of hydrazine groups is 1. The third kappa shape index (κ3) is 6.36. The SMILES string of the molecule is CC1CC(C(=O)N/C(=N/C2CC(C3CCC(F)CC3)NN2)NC(C)(C)C)C(C)O1. The second-order valence-electron chi connectivity index (χ2n) is 9.99. The number of rotatable bonds is 3. The molecule has 3 rings (SSSR count). The van der Waals surface area contributed by atoms with Gasteiger partial charge in [0.2, 0.25) is 5.91 Å². The molecule has 7 nitrogen and oxygen atoms in total. The molecular weight excluding hydrogens is 373 g/mol. The van der Waals surface area contributed by atoms with Gasteiger partial charge in [0.25, 0.3) is 0 Å². The maximum atomic E-state index is 13.4. The first kappa shape index (κ1) is 22.4. The number of halogens is 1. The van der Waals surface area contributed by atoms with Crippen molar-refractivity contribution in [3.8, 4) is 0 Å². The molecule has 5 unspecified atom stereocenters. The van der Waals surface area contributed by atoms with E-state index < -0.39 is 6.17 Å². The molecule has 5 atom stereocenters. The smallest absolute Gasteiger partial charge is 0.232 e. The fourth-order valence-corrected chi connectivity index (χ4v) is 4.64. The van der Waals surface area contributed by atoms with Crippen LogP contribution in [0.15, 0.2) is 4.99 Å². The fourth-order valence-electron chi connectivity index (χ4n) is 4.64. The molecule has 29 heavy (non-hydrogen) atoms. The number of nitrogens with one attached hydrogen (secondary N) is 4. The second-order valence-corrected chi connectivity index (χ2v) is 9.99. The van der Waals surface area contributed by atoms with Crippen molar-refractivity contribution in [2.75, 3.05) is 0 Å². The Kier molecular flexibility index (Phi) is 7.17. The van der Waals surface area contributed by atoms with Gasteiger partial charge in [-0.1, -0.05) is 0 Å². The minimum absolute atomic E-state index is 0.0545. The molecule has 3 aliphatic rings. The van der Waals surface area contributed by atoms with Crippen LogP contribution in [0.4, 0.5) is 4.39 Å². The highest BCUT2D eigenvalue weighted by Gasteiger charge is 2.36. The van der Waals surface area contributed by atoms with E-state index in [0.29, 0.717) is 24.7 Å². The van der Waals surface area contributed by atoms with Crippen molar-refractivity contribution in [1.82, 2.24) is 21.5 Å². The first-order chi connectivity index (χ1) is 13.6. The minimum atomic E-state index is -0.642. The zero-order valence-electron chi connectivity index (χ0n) is 18.4. The van der Waals surface area contributed by atoms with Gasteiger partial charge >= 0.3 is 0 Å². The lowest BCUT2D eigenvalue weighted by molar-refractivity contribution is -0.124. The molecule has 8 heteroatoms. The number of carbonyl (C=O) groups is 1. The van der Waals surface area contributed by atoms with Gasteiger partial charge in [-0.15, -0.1) is 0 Å². The van der Waals surface area contributed by atoms with Crippen molar-refractivity contribution in [3.63, 3.8) is 0 Å². The summed E-state index contributed by atoms with van der Waals surface area (Å²) in [6.07, 6.45) is 3.91. The molecule has 0 aromatic carbocycles. The van der Waals surface area contributed by atoms with Gasteiger partial charge in [-0.2, -0.15) is 0 Å². The number of nitrogens with zero attached hydrogens (tertiary/aromatic N) is 1. The van der Waals surface area contributed by atoms with Crippen LogP contribution in [0.5, 0.6) is 0 Å². The maximum absolute atomic E-state index is 13.4. The Morgan fingerprint density at radius 2 is 1.79 bits per heavy atom. The third-order valence-electron chi connectivity index (χ3n) is 6.14. The number of guanidine groups is 1. The molecule has 3 fully saturated rings. The molecular formula is C21H38FN5O2. The molecule has 4 N–H and O–H groups in total. The van der Waals surface area contributed by atoms with Crippen LogP contribution >= 0.6 is 0 Å². The molecule has 2 heterocycles. The van der Waals surface area contributed by atoms with Crippen LogP contribution in [0.1, 0.15) is 73.1 Å². The minimum Gasteiger partial charge on any atom is -0.375 e. The van der Waals surface area contributed by atoms with Gasteiger partial charge in [0.15, 0.2) is 5.96 Å². The van der Waals surface area contributed by atoms with E-state index in [2.05, 4.69) is 21.5 Å². The standard InChI is InChI=1S/C21H38FN5O2/c1-12-10-16(13(2)29-12)19(28)24-20(25-21(3,4)5)23-18-11-17(26-27-18)14-6-8-15(22)9-7-14/h12-18,26-27H,6-11H2,1-5H3,(H2,23,24,25,28). The molecule has 1 saturated carbocycles. The van der Waals surface area contributed by atoms with Gasteiger partial charge in [0.05, 0.1) is 18.1 Å². The zero-order chi connectivity index (χ0) is 21.2. The van der Waals surface area contributed by atoms with E-state index in [4.69, 9.17) is 9.73 Å².